The van der Waals surface area contributed by atoms with Crippen LogP contribution >= 0.6 is 35.6 Å². The first-order valence-electron chi connectivity index (χ1n) is 10.5. The van der Waals surface area contributed by atoms with Crippen LogP contribution in [0.4, 0.5) is 0 Å². The summed E-state index contributed by atoms with van der Waals surface area (Å²) in [5.41, 5.74) is 1.12. The van der Waals surface area contributed by atoms with Crippen LogP contribution in [0.15, 0.2) is 29.3 Å². The van der Waals surface area contributed by atoms with E-state index in [4.69, 9.17) is 21.3 Å². The van der Waals surface area contributed by atoms with Crippen LogP contribution in [0.3, 0.4) is 0 Å². The number of guanidine groups is 1. The van der Waals surface area contributed by atoms with Gasteiger partial charge >= 0.3 is 0 Å². The number of morpholine rings is 1. The van der Waals surface area contributed by atoms with Gasteiger partial charge in [0.15, 0.2) is 5.96 Å². The van der Waals surface area contributed by atoms with E-state index in [9.17, 15) is 5.11 Å². The summed E-state index contributed by atoms with van der Waals surface area (Å²) in [5.74, 6) is 0.842. The monoisotopic (exact) mass is 536 g/mol. The number of benzene rings is 1. The van der Waals surface area contributed by atoms with Gasteiger partial charge < -0.3 is 20.5 Å². The normalized spacial score (nSPS) is 24.4. The maximum absolute atomic E-state index is 9.74. The van der Waals surface area contributed by atoms with Crippen molar-refractivity contribution in [1.29, 1.82) is 0 Å². The van der Waals surface area contributed by atoms with E-state index in [2.05, 4.69) is 28.5 Å². The number of ether oxygens (including phenoxy) is 1. The quantitative estimate of drug-likeness (QED) is 0.296. The Labute approximate surface area is 196 Å². The molecular weight excluding hydrogens is 503 g/mol. The fourth-order valence-corrected chi connectivity index (χ4v) is 4.22. The molecule has 1 aromatic rings. The molecule has 0 bridgehead atoms. The van der Waals surface area contributed by atoms with Crippen molar-refractivity contribution in [3.05, 3.63) is 34.9 Å². The van der Waals surface area contributed by atoms with Gasteiger partial charge in [-0.05, 0) is 44.2 Å². The van der Waals surface area contributed by atoms with Crippen molar-refractivity contribution in [2.45, 2.75) is 50.8 Å². The molecule has 2 aliphatic rings. The number of halogens is 2. The molecule has 1 saturated carbocycles. The summed E-state index contributed by atoms with van der Waals surface area (Å²) in [4.78, 5) is 7.32. The van der Waals surface area contributed by atoms with Crippen molar-refractivity contribution >= 4 is 41.5 Å². The van der Waals surface area contributed by atoms with E-state index in [0.717, 1.165) is 75.1 Å². The number of aliphatic imine (C=N–C) groups is 1. The van der Waals surface area contributed by atoms with Gasteiger partial charge in [0.05, 0.1) is 31.9 Å². The van der Waals surface area contributed by atoms with Crippen molar-refractivity contribution in [2.75, 3.05) is 39.4 Å². The summed E-state index contributed by atoms with van der Waals surface area (Å²) in [6, 6.07) is 8.54. The average Bonchev–Trinajstić information content (AvgIpc) is 2.72. The second kappa shape index (κ2) is 12.9. The predicted molar refractivity (Wildman–Crippen MR) is 129 cm³/mol. The molecule has 0 aromatic heterocycles. The van der Waals surface area contributed by atoms with Gasteiger partial charge in [-0.2, -0.15) is 0 Å². The minimum absolute atomic E-state index is 0. The molecule has 1 aliphatic heterocycles. The number of rotatable bonds is 6. The Morgan fingerprint density at radius 3 is 2.59 bits per heavy atom. The van der Waals surface area contributed by atoms with E-state index < -0.39 is 0 Å². The van der Waals surface area contributed by atoms with Crippen molar-refractivity contribution in [1.82, 2.24) is 15.5 Å². The molecule has 1 aromatic carbocycles. The summed E-state index contributed by atoms with van der Waals surface area (Å²) in [5, 5.41) is 17.4. The van der Waals surface area contributed by atoms with Crippen LogP contribution < -0.4 is 10.6 Å². The zero-order valence-electron chi connectivity index (χ0n) is 17.1. The molecular formula is C21H34ClIN4O2. The average molecular weight is 537 g/mol. The number of aliphatic hydroxyl groups excluding tert-OH is 1. The highest BCUT2D eigenvalue weighted by molar-refractivity contribution is 14.0. The largest absolute Gasteiger partial charge is 0.393 e. The van der Waals surface area contributed by atoms with Crippen LogP contribution in [-0.2, 0) is 4.74 Å². The highest BCUT2D eigenvalue weighted by atomic mass is 127. The first kappa shape index (κ1) is 24.7. The molecule has 3 rings (SSSR count). The number of nitrogens with one attached hydrogen (secondary N) is 2. The van der Waals surface area contributed by atoms with Crippen molar-refractivity contribution in [3.8, 4) is 0 Å². The third kappa shape index (κ3) is 7.54. The molecule has 1 unspecified atom stereocenters. The molecule has 1 atom stereocenters. The van der Waals surface area contributed by atoms with E-state index in [1.165, 1.54) is 0 Å². The molecule has 0 radical (unpaired) electrons. The second-order valence-corrected chi connectivity index (χ2v) is 7.96. The highest BCUT2D eigenvalue weighted by Gasteiger charge is 2.25. The Bertz CT molecular complexity index is 635. The van der Waals surface area contributed by atoms with Crippen molar-refractivity contribution in [2.24, 2.45) is 4.99 Å². The van der Waals surface area contributed by atoms with Crippen molar-refractivity contribution < 1.29 is 9.84 Å². The van der Waals surface area contributed by atoms with Crippen LogP contribution in [0, 0.1) is 0 Å². The molecule has 0 amide bonds. The van der Waals surface area contributed by atoms with Gasteiger partial charge in [0, 0.05) is 30.7 Å². The lowest BCUT2D eigenvalue weighted by molar-refractivity contribution is 0.0180. The zero-order valence-corrected chi connectivity index (χ0v) is 20.2. The molecule has 1 heterocycles. The van der Waals surface area contributed by atoms with E-state index in [1.807, 2.05) is 18.2 Å². The molecule has 0 spiro atoms. The maximum atomic E-state index is 9.74. The lowest BCUT2D eigenvalue weighted by atomic mass is 9.93. The molecule has 1 aliphatic carbocycles. The van der Waals surface area contributed by atoms with E-state index in [0.29, 0.717) is 12.6 Å². The van der Waals surface area contributed by atoms with Gasteiger partial charge in [0.1, 0.15) is 0 Å². The topological polar surface area (TPSA) is 69.1 Å². The standard InChI is InChI=1S/C21H33ClN4O2.HI/c1-2-23-21(25-16-7-9-17(27)10-8-16)24-15-20(26-11-13-28-14-12-26)18-5-3-4-6-19(18)22;/h3-6,16-17,20,27H,2,7-15H2,1H3,(H2,23,24,25);1H. The summed E-state index contributed by atoms with van der Waals surface area (Å²) in [6.07, 6.45) is 3.51. The lowest BCUT2D eigenvalue weighted by Gasteiger charge is -2.34. The lowest BCUT2D eigenvalue weighted by Crippen LogP contribution is -2.46. The number of aliphatic hydroxyl groups is 1. The maximum Gasteiger partial charge on any atom is 0.191 e. The Morgan fingerprint density at radius 1 is 1.24 bits per heavy atom. The van der Waals surface area contributed by atoms with Crippen LogP contribution in [0.2, 0.25) is 5.02 Å². The molecule has 2 fully saturated rings. The minimum atomic E-state index is -0.150. The van der Waals surface area contributed by atoms with Crippen LogP contribution in [0.1, 0.15) is 44.2 Å². The van der Waals surface area contributed by atoms with E-state index in [-0.39, 0.29) is 36.1 Å². The van der Waals surface area contributed by atoms with E-state index in [1.54, 1.807) is 0 Å². The van der Waals surface area contributed by atoms with Gasteiger partial charge in [-0.25, -0.2) is 0 Å². The molecule has 1 saturated heterocycles. The fourth-order valence-electron chi connectivity index (χ4n) is 3.96. The third-order valence-corrected chi connectivity index (χ3v) is 5.90. The molecule has 6 nitrogen and oxygen atoms in total. The molecule has 3 N–H and O–H groups in total. The Kier molecular flexibility index (Phi) is 11.0. The van der Waals surface area contributed by atoms with Gasteiger partial charge in [0.2, 0.25) is 0 Å². The first-order chi connectivity index (χ1) is 13.7. The van der Waals surface area contributed by atoms with E-state index >= 15 is 0 Å². The van der Waals surface area contributed by atoms with Crippen LogP contribution in [0.25, 0.3) is 0 Å². The minimum Gasteiger partial charge on any atom is -0.393 e. The Balaban J connectivity index is 0.00000300. The first-order valence-corrected chi connectivity index (χ1v) is 10.8. The zero-order chi connectivity index (χ0) is 19.8. The van der Waals surface area contributed by atoms with Gasteiger partial charge in [-0.1, -0.05) is 29.8 Å². The third-order valence-electron chi connectivity index (χ3n) is 5.55. The predicted octanol–water partition coefficient (Wildman–Crippen LogP) is 3.19. The Morgan fingerprint density at radius 2 is 1.93 bits per heavy atom. The summed E-state index contributed by atoms with van der Waals surface area (Å²) in [7, 11) is 0. The number of nitrogens with zero attached hydrogens (tertiary/aromatic N) is 2. The summed E-state index contributed by atoms with van der Waals surface area (Å²) >= 11 is 6.52. The van der Waals surface area contributed by atoms with Crippen LogP contribution in [0.5, 0.6) is 0 Å². The SMILES string of the molecule is CCNC(=NCC(c1ccccc1Cl)N1CCOCC1)NC1CCC(O)CC1.I. The molecule has 164 valence electrons. The summed E-state index contributed by atoms with van der Waals surface area (Å²) in [6.45, 7) is 6.78. The van der Waals surface area contributed by atoms with Gasteiger partial charge in [-0.3, -0.25) is 9.89 Å². The molecule has 29 heavy (non-hydrogen) atoms. The van der Waals surface area contributed by atoms with Crippen LogP contribution in [-0.4, -0.2) is 67.5 Å². The Hall–Kier alpha value is -0.610. The second-order valence-electron chi connectivity index (χ2n) is 7.56. The summed E-state index contributed by atoms with van der Waals surface area (Å²) < 4.78 is 5.53. The molecule has 8 heteroatoms. The van der Waals surface area contributed by atoms with Gasteiger partial charge in [0.25, 0.3) is 0 Å². The number of hydrogen-bond acceptors (Lipinski definition) is 4. The van der Waals surface area contributed by atoms with Crippen molar-refractivity contribution in [3.63, 3.8) is 0 Å². The van der Waals surface area contributed by atoms with Gasteiger partial charge in [-0.15, -0.1) is 24.0 Å². The fraction of sp³-hybridized carbons (Fsp3) is 0.667. The smallest absolute Gasteiger partial charge is 0.191 e. The highest BCUT2D eigenvalue weighted by Crippen LogP contribution is 2.28. The number of hydrogen-bond donors (Lipinski definition) is 3.